The SMILES string of the molecule is CC(=O)OCC=CCc1[nH]c(=O)n(-c2ccc(CN=O)cc2)c1O. The molecule has 0 saturated heterocycles. The molecule has 2 rings (SSSR count). The highest BCUT2D eigenvalue weighted by Crippen LogP contribution is 2.19. The Morgan fingerprint density at radius 2 is 2.04 bits per heavy atom. The van der Waals surface area contributed by atoms with Gasteiger partial charge in [0, 0.05) is 13.3 Å². The number of hydrogen-bond acceptors (Lipinski definition) is 6. The van der Waals surface area contributed by atoms with Crippen molar-refractivity contribution >= 4 is 5.97 Å². The van der Waals surface area contributed by atoms with Crippen molar-refractivity contribution in [2.75, 3.05) is 6.61 Å². The summed E-state index contributed by atoms with van der Waals surface area (Å²) in [6, 6.07) is 6.56. The zero-order valence-corrected chi connectivity index (χ0v) is 13.1. The molecule has 24 heavy (non-hydrogen) atoms. The second-order valence-corrected chi connectivity index (χ2v) is 5.00. The van der Waals surface area contributed by atoms with Crippen molar-refractivity contribution in [2.45, 2.75) is 19.9 Å². The van der Waals surface area contributed by atoms with Gasteiger partial charge in [0.25, 0.3) is 0 Å². The molecule has 8 heteroatoms. The number of carbonyl (C=O) groups is 1. The van der Waals surface area contributed by atoms with E-state index in [0.717, 1.165) is 4.57 Å². The van der Waals surface area contributed by atoms with Crippen molar-refractivity contribution in [1.29, 1.82) is 0 Å². The maximum Gasteiger partial charge on any atom is 0.333 e. The number of hydrogen-bond donors (Lipinski definition) is 2. The third-order valence-electron chi connectivity index (χ3n) is 3.26. The van der Waals surface area contributed by atoms with Crippen LogP contribution in [0.4, 0.5) is 0 Å². The van der Waals surface area contributed by atoms with Crippen molar-refractivity contribution in [3.8, 4) is 11.6 Å². The minimum Gasteiger partial charge on any atom is -0.493 e. The first-order chi connectivity index (χ1) is 11.5. The minimum atomic E-state index is -0.475. The van der Waals surface area contributed by atoms with Crippen LogP contribution in [0.3, 0.4) is 0 Å². The first-order valence-electron chi connectivity index (χ1n) is 7.22. The van der Waals surface area contributed by atoms with Crippen LogP contribution in [-0.2, 0) is 22.5 Å². The highest BCUT2D eigenvalue weighted by molar-refractivity contribution is 5.65. The monoisotopic (exact) mass is 331 g/mol. The standard InChI is InChI=1S/C16H17N3O5/c1-11(20)24-9-3-2-4-14-15(21)19(16(22)18-14)13-7-5-12(6-8-13)10-17-23/h2-3,5-8,21H,4,9-10H2,1H3,(H,18,22). The molecular weight excluding hydrogens is 314 g/mol. The normalized spacial score (nSPS) is 10.9. The van der Waals surface area contributed by atoms with Crippen LogP contribution in [0, 0.1) is 4.91 Å². The predicted molar refractivity (Wildman–Crippen MR) is 87.0 cm³/mol. The number of carbonyl (C=O) groups excluding carboxylic acids is 1. The fourth-order valence-electron chi connectivity index (χ4n) is 2.11. The van der Waals surface area contributed by atoms with E-state index < -0.39 is 5.69 Å². The zero-order valence-electron chi connectivity index (χ0n) is 13.1. The third kappa shape index (κ3) is 4.19. The highest BCUT2D eigenvalue weighted by Gasteiger charge is 2.13. The summed E-state index contributed by atoms with van der Waals surface area (Å²) in [7, 11) is 0. The van der Waals surface area contributed by atoms with E-state index in [4.69, 9.17) is 4.74 Å². The molecular formula is C16H17N3O5. The molecule has 0 aliphatic carbocycles. The van der Waals surface area contributed by atoms with E-state index in [-0.39, 0.29) is 31.4 Å². The van der Waals surface area contributed by atoms with Gasteiger partial charge in [-0.1, -0.05) is 29.5 Å². The summed E-state index contributed by atoms with van der Waals surface area (Å²) in [6.45, 7) is 1.49. The molecule has 0 fully saturated rings. The Labute approximate surface area is 137 Å². The van der Waals surface area contributed by atoms with E-state index in [9.17, 15) is 19.6 Å². The molecule has 0 amide bonds. The summed E-state index contributed by atoms with van der Waals surface area (Å²) in [4.78, 5) is 35.5. The van der Waals surface area contributed by atoms with Crippen molar-refractivity contribution in [2.24, 2.45) is 5.18 Å². The van der Waals surface area contributed by atoms with Crippen molar-refractivity contribution in [3.05, 3.63) is 63.1 Å². The molecule has 0 radical (unpaired) electrons. The van der Waals surface area contributed by atoms with Crippen molar-refractivity contribution < 1.29 is 14.6 Å². The number of nitroso groups, excluding NO2 is 1. The summed E-state index contributed by atoms with van der Waals surface area (Å²) < 4.78 is 5.88. The number of nitrogens with zero attached hydrogens (tertiary/aromatic N) is 2. The molecule has 2 aromatic rings. The molecule has 0 spiro atoms. The molecule has 1 heterocycles. The smallest absolute Gasteiger partial charge is 0.333 e. The van der Waals surface area contributed by atoms with E-state index in [0.29, 0.717) is 16.9 Å². The number of allylic oxidation sites excluding steroid dienone is 1. The van der Waals surface area contributed by atoms with Crippen LogP contribution in [-0.4, -0.2) is 27.2 Å². The fraction of sp³-hybridized carbons (Fsp3) is 0.250. The van der Waals surface area contributed by atoms with Gasteiger partial charge in [-0.3, -0.25) is 4.79 Å². The van der Waals surface area contributed by atoms with E-state index in [1.807, 2.05) is 0 Å². The van der Waals surface area contributed by atoms with Gasteiger partial charge in [-0.2, -0.15) is 4.91 Å². The molecule has 0 unspecified atom stereocenters. The van der Waals surface area contributed by atoms with Crippen LogP contribution in [0.15, 0.2) is 46.4 Å². The number of imidazole rings is 1. The summed E-state index contributed by atoms with van der Waals surface area (Å²) in [5.41, 5.74) is 1.05. The lowest BCUT2D eigenvalue weighted by atomic mass is 10.2. The van der Waals surface area contributed by atoms with Gasteiger partial charge in [0.05, 0.1) is 11.4 Å². The molecule has 0 bridgehead atoms. The van der Waals surface area contributed by atoms with Crippen LogP contribution in [0.5, 0.6) is 5.88 Å². The van der Waals surface area contributed by atoms with Gasteiger partial charge in [-0.05, 0) is 17.7 Å². The molecule has 1 aromatic heterocycles. The molecule has 0 atom stereocenters. The Hall–Kier alpha value is -3.16. The highest BCUT2D eigenvalue weighted by atomic mass is 16.5. The van der Waals surface area contributed by atoms with Crippen LogP contribution < -0.4 is 5.69 Å². The number of aromatic amines is 1. The number of ether oxygens (including phenoxy) is 1. The molecule has 0 saturated carbocycles. The Kier molecular flexibility index (Phi) is 5.67. The van der Waals surface area contributed by atoms with Crippen LogP contribution in [0.25, 0.3) is 5.69 Å². The van der Waals surface area contributed by atoms with Gasteiger partial charge in [-0.25, -0.2) is 9.36 Å². The molecule has 0 aliphatic rings. The largest absolute Gasteiger partial charge is 0.493 e. The Balaban J connectivity index is 2.15. The topological polar surface area (TPSA) is 114 Å². The van der Waals surface area contributed by atoms with Crippen LogP contribution >= 0.6 is 0 Å². The van der Waals surface area contributed by atoms with Gasteiger partial charge in [0.1, 0.15) is 13.2 Å². The predicted octanol–water partition coefficient (Wildman–Crippen LogP) is 1.80. The summed E-state index contributed by atoms with van der Waals surface area (Å²) in [5.74, 6) is -0.575. The van der Waals surface area contributed by atoms with E-state index in [1.54, 1.807) is 36.4 Å². The van der Waals surface area contributed by atoms with Gasteiger partial charge in [0.2, 0.25) is 5.88 Å². The lowest BCUT2D eigenvalue weighted by Gasteiger charge is -2.04. The zero-order chi connectivity index (χ0) is 17.5. The number of esters is 1. The average Bonchev–Trinajstić information content (AvgIpc) is 2.82. The number of H-pyrrole nitrogens is 1. The molecule has 1 aromatic carbocycles. The first-order valence-corrected chi connectivity index (χ1v) is 7.22. The van der Waals surface area contributed by atoms with Crippen LogP contribution in [0.2, 0.25) is 0 Å². The van der Waals surface area contributed by atoms with E-state index in [2.05, 4.69) is 10.2 Å². The lowest BCUT2D eigenvalue weighted by Crippen LogP contribution is -2.14. The minimum absolute atomic E-state index is 0.0483. The van der Waals surface area contributed by atoms with Gasteiger partial charge in [0.15, 0.2) is 0 Å². The lowest BCUT2D eigenvalue weighted by molar-refractivity contribution is -0.139. The third-order valence-corrected chi connectivity index (χ3v) is 3.26. The second kappa shape index (κ2) is 7.91. The summed E-state index contributed by atoms with van der Waals surface area (Å²) >= 11 is 0. The number of aromatic hydroxyl groups is 1. The Morgan fingerprint density at radius 3 is 2.67 bits per heavy atom. The van der Waals surface area contributed by atoms with Crippen molar-refractivity contribution in [1.82, 2.24) is 9.55 Å². The Morgan fingerprint density at radius 1 is 1.33 bits per heavy atom. The number of nitrogens with one attached hydrogen (secondary N) is 1. The average molecular weight is 331 g/mol. The van der Waals surface area contributed by atoms with Gasteiger partial charge in [-0.15, -0.1) is 0 Å². The van der Waals surface area contributed by atoms with Gasteiger partial charge >= 0.3 is 11.7 Å². The molecule has 0 aliphatic heterocycles. The summed E-state index contributed by atoms with van der Waals surface area (Å²) in [5, 5.41) is 13.0. The maximum absolute atomic E-state index is 12.0. The molecule has 8 nitrogen and oxygen atoms in total. The summed E-state index contributed by atoms with van der Waals surface area (Å²) in [6.07, 6.45) is 3.58. The fourth-order valence-corrected chi connectivity index (χ4v) is 2.11. The van der Waals surface area contributed by atoms with Crippen molar-refractivity contribution in [3.63, 3.8) is 0 Å². The second-order valence-electron chi connectivity index (χ2n) is 5.00. The number of rotatable bonds is 7. The maximum atomic E-state index is 12.0. The number of aromatic nitrogens is 2. The van der Waals surface area contributed by atoms with E-state index >= 15 is 0 Å². The van der Waals surface area contributed by atoms with Gasteiger partial charge < -0.3 is 14.8 Å². The first kappa shape index (κ1) is 17.2. The molecule has 2 N–H and O–H groups in total. The quantitative estimate of drug-likeness (QED) is 0.456. The Bertz CT molecular complexity index is 802. The number of benzene rings is 1. The van der Waals surface area contributed by atoms with Crippen LogP contribution in [0.1, 0.15) is 18.2 Å². The molecule has 126 valence electrons. The van der Waals surface area contributed by atoms with E-state index in [1.165, 1.54) is 6.92 Å².